The summed E-state index contributed by atoms with van der Waals surface area (Å²) >= 11 is 0. The number of benzene rings is 3. The molecule has 0 N–H and O–H groups in total. The molecule has 0 saturated heterocycles. The van der Waals surface area contributed by atoms with Crippen LogP contribution in [-0.4, -0.2) is 0 Å². The quantitative estimate of drug-likeness (QED) is 0.589. The summed E-state index contributed by atoms with van der Waals surface area (Å²) in [7, 11) is -0.663. The Hall–Kier alpha value is -2.95. The van der Waals surface area contributed by atoms with Crippen LogP contribution in [0, 0.1) is 0 Å². The van der Waals surface area contributed by atoms with E-state index in [0.717, 1.165) is 6.42 Å². The van der Waals surface area contributed by atoms with Gasteiger partial charge in [0.15, 0.2) is 0 Å². The highest BCUT2D eigenvalue weighted by atomic mass is 31.1. The van der Waals surface area contributed by atoms with Gasteiger partial charge < -0.3 is 0 Å². The van der Waals surface area contributed by atoms with Crippen LogP contribution in [0.25, 0.3) is 11.4 Å². The van der Waals surface area contributed by atoms with Crippen LogP contribution in [-0.2, 0) is 0 Å². The fraction of sp³-hybridized carbons (Fsp3) is 0.0370. The predicted molar refractivity (Wildman–Crippen MR) is 123 cm³/mol. The highest BCUT2D eigenvalue weighted by Crippen LogP contribution is 2.50. The van der Waals surface area contributed by atoms with Gasteiger partial charge in [-0.15, -0.1) is 0 Å². The lowest BCUT2D eigenvalue weighted by atomic mass is 9.97. The van der Waals surface area contributed by atoms with Crippen LogP contribution in [0.5, 0.6) is 0 Å². The maximum Gasteiger partial charge on any atom is 0.000280 e. The molecule has 28 heavy (non-hydrogen) atoms. The fourth-order valence-corrected chi connectivity index (χ4v) is 6.62. The Morgan fingerprint density at radius 3 is 1.96 bits per heavy atom. The minimum Gasteiger partial charge on any atom is -0.0801 e. The molecule has 1 heteroatoms. The summed E-state index contributed by atoms with van der Waals surface area (Å²) in [4.78, 5) is 0. The second kappa shape index (κ2) is 7.58. The third-order valence-corrected chi connectivity index (χ3v) is 7.83. The Morgan fingerprint density at radius 2 is 1.25 bits per heavy atom. The molecule has 0 bridgehead atoms. The lowest BCUT2D eigenvalue weighted by Gasteiger charge is -2.26. The second-order valence-electron chi connectivity index (χ2n) is 7.01. The van der Waals surface area contributed by atoms with E-state index in [1.54, 1.807) is 0 Å². The summed E-state index contributed by atoms with van der Waals surface area (Å²) < 4.78 is 0. The molecule has 2 aliphatic rings. The van der Waals surface area contributed by atoms with Crippen LogP contribution in [0.3, 0.4) is 0 Å². The molecular weight excluding hydrogens is 355 g/mol. The zero-order valence-electron chi connectivity index (χ0n) is 15.6. The van der Waals surface area contributed by atoms with Crippen molar-refractivity contribution in [2.75, 3.05) is 0 Å². The molecule has 0 atom stereocenters. The van der Waals surface area contributed by atoms with Gasteiger partial charge in [-0.25, -0.2) is 0 Å². The van der Waals surface area contributed by atoms with Gasteiger partial charge in [-0.1, -0.05) is 115 Å². The Morgan fingerprint density at radius 1 is 0.607 bits per heavy atom. The van der Waals surface area contributed by atoms with E-state index < -0.39 is 7.92 Å². The Bertz CT molecular complexity index is 1170. The highest BCUT2D eigenvalue weighted by molar-refractivity contribution is 7.82. The van der Waals surface area contributed by atoms with Gasteiger partial charge in [-0.05, 0) is 46.5 Å². The van der Waals surface area contributed by atoms with E-state index >= 15 is 0 Å². The number of allylic oxidation sites excluding steroid dienone is 6. The maximum atomic E-state index is 2.31. The van der Waals surface area contributed by atoms with Gasteiger partial charge in [-0.3, -0.25) is 0 Å². The minimum atomic E-state index is -0.663. The van der Waals surface area contributed by atoms with Gasteiger partial charge in [0.2, 0.25) is 0 Å². The molecule has 0 fully saturated rings. The highest BCUT2D eigenvalue weighted by Gasteiger charge is 2.25. The molecule has 0 saturated carbocycles. The van der Waals surface area contributed by atoms with Crippen molar-refractivity contribution in [1.82, 2.24) is 0 Å². The molecule has 134 valence electrons. The average molecular weight is 376 g/mol. The first-order chi connectivity index (χ1) is 13.9. The van der Waals surface area contributed by atoms with Crippen LogP contribution in [0.4, 0.5) is 0 Å². The topological polar surface area (TPSA) is 0 Å². The monoisotopic (exact) mass is 376 g/mol. The van der Waals surface area contributed by atoms with Crippen molar-refractivity contribution in [2.45, 2.75) is 6.42 Å². The Balaban J connectivity index is 1.89. The van der Waals surface area contributed by atoms with Crippen LogP contribution in [0.15, 0.2) is 120 Å². The SMILES string of the molecule is C1=CCC2=CC=c3ccccc3=C(P(c3ccccc3)c3ccccc3)C2=C1. The van der Waals surface area contributed by atoms with E-state index in [4.69, 9.17) is 0 Å². The molecule has 0 spiro atoms. The summed E-state index contributed by atoms with van der Waals surface area (Å²) in [6, 6.07) is 30.8. The molecule has 0 nitrogen and oxygen atoms in total. The van der Waals surface area contributed by atoms with Gasteiger partial charge in [0, 0.05) is 5.31 Å². The first-order valence-electron chi connectivity index (χ1n) is 9.70. The summed E-state index contributed by atoms with van der Waals surface area (Å²) in [5, 5.41) is 6.91. The van der Waals surface area contributed by atoms with Crippen molar-refractivity contribution in [3.63, 3.8) is 0 Å². The summed E-state index contributed by atoms with van der Waals surface area (Å²) in [6.45, 7) is 0. The summed E-state index contributed by atoms with van der Waals surface area (Å²) in [5.74, 6) is 0. The van der Waals surface area contributed by atoms with Crippen molar-refractivity contribution in [3.05, 3.63) is 131 Å². The molecular formula is C27H21P. The van der Waals surface area contributed by atoms with Gasteiger partial charge in [0.1, 0.15) is 0 Å². The summed E-state index contributed by atoms with van der Waals surface area (Å²) in [5.41, 5.74) is 2.80. The maximum absolute atomic E-state index is 2.31. The second-order valence-corrected chi connectivity index (χ2v) is 9.16. The van der Waals surface area contributed by atoms with E-state index in [0.29, 0.717) is 0 Å². The van der Waals surface area contributed by atoms with Crippen molar-refractivity contribution >= 4 is 29.9 Å². The zero-order chi connectivity index (χ0) is 18.8. The third-order valence-electron chi connectivity index (χ3n) is 5.27. The van der Waals surface area contributed by atoms with Gasteiger partial charge in [0.25, 0.3) is 0 Å². The molecule has 0 unspecified atom stereocenters. The van der Waals surface area contributed by atoms with Crippen LogP contribution >= 0.6 is 7.92 Å². The fourth-order valence-electron chi connectivity index (χ4n) is 3.96. The molecule has 0 heterocycles. The van der Waals surface area contributed by atoms with E-state index in [2.05, 4.69) is 115 Å². The molecule has 3 aromatic rings. The molecule has 5 rings (SSSR count). The third kappa shape index (κ3) is 3.11. The molecule has 3 aromatic carbocycles. The Kier molecular flexibility index (Phi) is 4.65. The predicted octanol–water partition coefficient (Wildman–Crippen LogP) is 4.53. The number of hydrogen-bond donors (Lipinski definition) is 0. The molecule has 2 aliphatic carbocycles. The molecule has 0 amide bonds. The lowest BCUT2D eigenvalue weighted by molar-refractivity contribution is 1.24. The standard InChI is InChI=1S/C27H21P/c1-3-13-23(14-4-1)28(24-15-5-2-6-16-24)27-25-17-9-7-11-21(25)19-20-22-12-8-10-18-26(22)27/h1-11,13-20H,12H2. The van der Waals surface area contributed by atoms with Crippen molar-refractivity contribution < 1.29 is 0 Å². The summed E-state index contributed by atoms with van der Waals surface area (Å²) in [6.07, 6.45) is 12.4. The zero-order valence-corrected chi connectivity index (χ0v) is 16.5. The van der Waals surface area contributed by atoms with Gasteiger partial charge >= 0.3 is 0 Å². The minimum absolute atomic E-state index is 0.663. The van der Waals surface area contributed by atoms with Crippen LogP contribution in [0.2, 0.25) is 0 Å². The smallest absolute Gasteiger partial charge is 0.000280 e. The van der Waals surface area contributed by atoms with Gasteiger partial charge in [-0.2, -0.15) is 0 Å². The van der Waals surface area contributed by atoms with Crippen LogP contribution in [0.1, 0.15) is 6.42 Å². The number of fused-ring (bicyclic) bond motifs is 2. The normalized spacial score (nSPS) is 15.1. The molecule has 0 aromatic heterocycles. The average Bonchev–Trinajstić information content (AvgIpc) is 2.93. The molecule has 0 radical (unpaired) electrons. The van der Waals surface area contributed by atoms with Crippen molar-refractivity contribution in [3.8, 4) is 0 Å². The van der Waals surface area contributed by atoms with Gasteiger partial charge in [0.05, 0.1) is 0 Å². The van der Waals surface area contributed by atoms with Crippen molar-refractivity contribution in [1.29, 1.82) is 0 Å². The first kappa shape index (κ1) is 17.2. The number of rotatable bonds is 3. The number of hydrogen-bond acceptors (Lipinski definition) is 0. The Labute approximate surface area is 167 Å². The van der Waals surface area contributed by atoms with E-state index in [1.165, 1.54) is 37.5 Å². The van der Waals surface area contributed by atoms with Crippen molar-refractivity contribution in [2.24, 2.45) is 0 Å². The molecule has 0 aliphatic heterocycles. The lowest BCUT2D eigenvalue weighted by Crippen LogP contribution is -2.28. The van der Waals surface area contributed by atoms with E-state index in [1.807, 2.05) is 0 Å². The van der Waals surface area contributed by atoms with E-state index in [9.17, 15) is 0 Å². The van der Waals surface area contributed by atoms with E-state index in [-0.39, 0.29) is 0 Å². The largest absolute Gasteiger partial charge is 0.0801 e. The van der Waals surface area contributed by atoms with Crippen LogP contribution < -0.4 is 21.0 Å². The first-order valence-corrected chi connectivity index (χ1v) is 11.0.